The molecule has 4 aliphatic rings. The molecule has 2 nitrogen and oxygen atoms in total. The molecule has 0 saturated carbocycles. The Kier molecular flexibility index (Phi) is 8.69. The van der Waals surface area contributed by atoms with Crippen molar-refractivity contribution in [3.8, 4) is 22.3 Å². The van der Waals surface area contributed by atoms with Crippen LogP contribution in [0.25, 0.3) is 82.2 Å². The quantitative estimate of drug-likeness (QED) is 0.163. The molecule has 2 aliphatic carbocycles. The first-order valence-electron chi connectivity index (χ1n) is 25.0. The van der Waals surface area contributed by atoms with Crippen LogP contribution in [0.3, 0.4) is 0 Å². The van der Waals surface area contributed by atoms with E-state index in [2.05, 4.69) is 235 Å². The number of likely N-dealkylation sites (tertiary alicyclic amines) is 1. The topological polar surface area (TPSA) is 6.48 Å². The molecule has 0 unspecified atom stereocenters. The Hall–Kier alpha value is -6.90. The number of rotatable bonds is 4. The van der Waals surface area contributed by atoms with Gasteiger partial charge in [-0.3, -0.25) is 0 Å². The summed E-state index contributed by atoms with van der Waals surface area (Å²) in [6, 6.07) is 57.9. The predicted molar refractivity (Wildman–Crippen MR) is 292 cm³/mol. The normalized spacial score (nSPS) is 18.7. The van der Waals surface area contributed by atoms with Crippen molar-refractivity contribution in [1.82, 2.24) is 4.90 Å². The Labute approximate surface area is 401 Å². The Morgan fingerprint density at radius 3 is 1.63 bits per heavy atom. The van der Waals surface area contributed by atoms with Gasteiger partial charge in [-0.1, -0.05) is 161 Å². The molecule has 2 aliphatic heterocycles. The van der Waals surface area contributed by atoms with Crippen LogP contribution in [0.5, 0.6) is 0 Å². The number of hydrogen-bond acceptors (Lipinski definition) is 2. The zero-order valence-corrected chi connectivity index (χ0v) is 40.9. The summed E-state index contributed by atoms with van der Waals surface area (Å²) in [4.78, 5) is 5.41. The Balaban J connectivity index is 1.20. The molecule has 0 N–H and O–H groups in total. The fraction of sp³-hybridized carbons (Fsp3) is 0.242. The van der Waals surface area contributed by atoms with Crippen molar-refractivity contribution < 1.29 is 0 Å². The third-order valence-corrected chi connectivity index (χ3v) is 18.0. The molecule has 0 spiro atoms. The van der Waals surface area contributed by atoms with Crippen LogP contribution in [0, 0.1) is 5.41 Å². The fourth-order valence-electron chi connectivity index (χ4n) is 13.3. The predicted octanol–water partition coefficient (Wildman–Crippen LogP) is 18.0. The summed E-state index contributed by atoms with van der Waals surface area (Å²) in [6.07, 6.45) is 11.8. The molecule has 9 aromatic carbocycles. The number of hydrogen-bond donors (Lipinski definition) is 0. The monoisotopic (exact) mass is 880 g/mol. The average molecular weight is 881 g/mol. The third kappa shape index (κ3) is 5.46. The second-order valence-electron chi connectivity index (χ2n) is 22.2. The van der Waals surface area contributed by atoms with Crippen LogP contribution >= 0.6 is 0 Å². The number of fused-ring (bicyclic) bond motifs is 10. The van der Waals surface area contributed by atoms with E-state index >= 15 is 0 Å². The molecule has 0 amide bonds. The SMILES string of the molecule is CC1(C)C2=CCCC=C2N(C2=Cc3c(c(-c4cc5ccccc5c5ccccc45)c4cc(N5c6ccccc6C(C)(C)C5(C)C)ccc4c3-c3cc4ccccc4c4ccccc34)CC2)C1(C)C. The Bertz CT molecular complexity index is 3750. The van der Waals surface area contributed by atoms with E-state index in [0.717, 1.165) is 25.7 Å². The van der Waals surface area contributed by atoms with Crippen molar-refractivity contribution in [2.45, 2.75) is 97.6 Å². The van der Waals surface area contributed by atoms with Crippen LogP contribution in [0.4, 0.5) is 11.4 Å². The Morgan fingerprint density at radius 2 is 0.971 bits per heavy atom. The standard InChI is InChI=1S/C66H60N2/c1-63(2)57-29-17-19-31-59(57)67(65(63,5)6)43-33-35-51-55(39-43)61(53-37-41-21-9-11-23-45(41)47-25-13-15-27-49(47)53)52-36-34-44(68-60-32-20-18-30-58(60)64(3,4)66(68,7)8)40-56(52)62(51)54-38-42-22-10-12-24-46(42)48-26-14-16-28-50(48)54/h9-17,19,21-33,35,37-40H,18,20,34,36H2,1-8H3. The molecule has 0 atom stereocenters. The molecular weight excluding hydrogens is 821 g/mol. The Morgan fingerprint density at radius 1 is 0.426 bits per heavy atom. The van der Waals surface area contributed by atoms with Crippen LogP contribution in [-0.4, -0.2) is 16.0 Å². The summed E-state index contributed by atoms with van der Waals surface area (Å²) >= 11 is 0. The molecule has 2 heteroatoms. The largest absolute Gasteiger partial charge is 0.339 e. The number of para-hydroxylation sites is 1. The van der Waals surface area contributed by atoms with Crippen LogP contribution < -0.4 is 4.90 Å². The summed E-state index contributed by atoms with van der Waals surface area (Å²) in [6.45, 7) is 19.6. The second-order valence-corrected chi connectivity index (χ2v) is 22.2. The molecule has 1 saturated heterocycles. The first-order chi connectivity index (χ1) is 32.8. The van der Waals surface area contributed by atoms with Gasteiger partial charge in [0.1, 0.15) is 0 Å². The highest BCUT2D eigenvalue weighted by molar-refractivity contribution is 6.22. The van der Waals surface area contributed by atoms with Crippen LogP contribution in [0.15, 0.2) is 181 Å². The van der Waals surface area contributed by atoms with Crippen LogP contribution in [0.2, 0.25) is 0 Å². The van der Waals surface area contributed by atoms with Gasteiger partial charge in [0.05, 0.1) is 0 Å². The lowest BCUT2D eigenvalue weighted by Gasteiger charge is -2.44. The van der Waals surface area contributed by atoms with E-state index in [0.29, 0.717) is 0 Å². The van der Waals surface area contributed by atoms with Crippen molar-refractivity contribution >= 4 is 71.3 Å². The van der Waals surface area contributed by atoms with Gasteiger partial charge >= 0.3 is 0 Å². The molecular formula is C66H60N2. The molecule has 0 radical (unpaired) electrons. The van der Waals surface area contributed by atoms with Crippen LogP contribution in [0.1, 0.15) is 91.3 Å². The minimum atomic E-state index is -0.194. The van der Waals surface area contributed by atoms with E-state index in [1.54, 1.807) is 0 Å². The number of anilines is 2. The fourth-order valence-corrected chi connectivity index (χ4v) is 13.3. The minimum absolute atomic E-state index is 0.0107. The highest BCUT2D eigenvalue weighted by Gasteiger charge is 2.55. The van der Waals surface area contributed by atoms with E-state index < -0.39 is 0 Å². The van der Waals surface area contributed by atoms with Crippen molar-refractivity contribution in [2.75, 3.05) is 4.90 Å². The van der Waals surface area contributed by atoms with E-state index in [4.69, 9.17) is 0 Å². The molecule has 13 rings (SSSR count). The van der Waals surface area contributed by atoms with Gasteiger partial charge in [-0.05, 0) is 188 Å². The maximum absolute atomic E-state index is 2.76. The lowest BCUT2D eigenvalue weighted by molar-refractivity contribution is 0.141. The first kappa shape index (κ1) is 41.3. The highest BCUT2D eigenvalue weighted by atomic mass is 15.3. The van der Waals surface area contributed by atoms with E-state index in [1.807, 2.05) is 0 Å². The molecule has 68 heavy (non-hydrogen) atoms. The third-order valence-electron chi connectivity index (χ3n) is 18.0. The van der Waals surface area contributed by atoms with Crippen molar-refractivity contribution in [1.29, 1.82) is 0 Å². The van der Waals surface area contributed by atoms with Gasteiger partial charge < -0.3 is 9.80 Å². The highest BCUT2D eigenvalue weighted by Crippen LogP contribution is 2.60. The van der Waals surface area contributed by atoms with Gasteiger partial charge in [-0.15, -0.1) is 0 Å². The smallest absolute Gasteiger partial charge is 0.0487 e. The van der Waals surface area contributed by atoms with Gasteiger partial charge in [0.2, 0.25) is 0 Å². The molecule has 0 bridgehead atoms. The molecule has 9 aromatic rings. The summed E-state index contributed by atoms with van der Waals surface area (Å²) in [5, 5.41) is 12.9. The number of nitrogens with zero attached hydrogens (tertiary/aromatic N) is 2. The van der Waals surface area contributed by atoms with Crippen molar-refractivity contribution in [3.05, 3.63) is 197 Å². The first-order valence-corrected chi connectivity index (χ1v) is 25.0. The zero-order valence-electron chi connectivity index (χ0n) is 40.9. The summed E-state index contributed by atoms with van der Waals surface area (Å²) in [5.74, 6) is 0. The van der Waals surface area contributed by atoms with Gasteiger partial charge in [0.15, 0.2) is 0 Å². The summed E-state index contributed by atoms with van der Waals surface area (Å²) < 4.78 is 0. The van der Waals surface area contributed by atoms with E-state index in [9.17, 15) is 0 Å². The number of benzene rings is 9. The average Bonchev–Trinajstić information content (AvgIpc) is 3.62. The van der Waals surface area contributed by atoms with Crippen LogP contribution in [-0.2, 0) is 11.8 Å². The van der Waals surface area contributed by atoms with Crippen molar-refractivity contribution in [2.24, 2.45) is 5.41 Å². The summed E-state index contributed by atoms with van der Waals surface area (Å²) in [7, 11) is 0. The minimum Gasteiger partial charge on any atom is -0.339 e. The second kappa shape index (κ2) is 14.3. The maximum atomic E-state index is 2.76. The van der Waals surface area contributed by atoms with Gasteiger partial charge in [-0.2, -0.15) is 0 Å². The maximum Gasteiger partial charge on any atom is 0.0487 e. The van der Waals surface area contributed by atoms with E-state index in [-0.39, 0.29) is 21.9 Å². The zero-order chi connectivity index (χ0) is 46.5. The lowest BCUT2D eigenvalue weighted by atomic mass is 9.71. The molecule has 2 heterocycles. The molecule has 334 valence electrons. The van der Waals surface area contributed by atoms with E-state index in [1.165, 1.54) is 121 Å². The van der Waals surface area contributed by atoms with Gasteiger partial charge in [0, 0.05) is 44.7 Å². The van der Waals surface area contributed by atoms with Crippen molar-refractivity contribution in [3.63, 3.8) is 0 Å². The van der Waals surface area contributed by atoms with Gasteiger partial charge in [0.25, 0.3) is 0 Å². The summed E-state index contributed by atoms with van der Waals surface area (Å²) in [5.41, 5.74) is 16.0. The molecule has 1 fully saturated rings. The lowest BCUT2D eigenvalue weighted by Crippen LogP contribution is -2.48. The molecule has 0 aromatic heterocycles. The number of allylic oxidation sites excluding steroid dienone is 4. The van der Waals surface area contributed by atoms with Gasteiger partial charge in [-0.25, -0.2) is 0 Å².